The van der Waals surface area contributed by atoms with E-state index >= 15 is 0 Å². The molecule has 1 aromatic heterocycles. The number of hydrogen-bond donors (Lipinski definition) is 1. The minimum absolute atomic E-state index is 0.234. The first-order valence-electron chi connectivity index (χ1n) is 9.13. The van der Waals surface area contributed by atoms with Gasteiger partial charge in [-0.1, -0.05) is 54.1 Å². The van der Waals surface area contributed by atoms with Gasteiger partial charge in [-0.15, -0.1) is 0 Å². The zero-order valence-corrected chi connectivity index (χ0v) is 15.5. The van der Waals surface area contributed by atoms with E-state index in [9.17, 15) is 14.7 Å². The number of amides is 1. The summed E-state index contributed by atoms with van der Waals surface area (Å²) in [6.07, 6.45) is 1.18. The smallest absolute Gasteiger partial charge is 0.264 e. The van der Waals surface area contributed by atoms with E-state index in [1.807, 2.05) is 37.3 Å². The first-order chi connectivity index (χ1) is 13.5. The highest BCUT2D eigenvalue weighted by Gasteiger charge is 2.50. The molecule has 4 rings (SSSR count). The van der Waals surface area contributed by atoms with Gasteiger partial charge in [-0.2, -0.15) is 0 Å². The first kappa shape index (κ1) is 18.1. The molecule has 0 radical (unpaired) electrons. The van der Waals surface area contributed by atoms with Crippen LogP contribution in [-0.2, 0) is 16.9 Å². The molecular weight excluding hydrogens is 352 g/mol. The van der Waals surface area contributed by atoms with E-state index in [4.69, 9.17) is 0 Å². The minimum atomic E-state index is -1.89. The largest absolute Gasteiger partial charge is 0.375 e. The van der Waals surface area contributed by atoms with Crippen molar-refractivity contribution in [1.29, 1.82) is 0 Å². The van der Waals surface area contributed by atoms with E-state index in [-0.39, 0.29) is 17.9 Å². The molecule has 0 spiro atoms. The van der Waals surface area contributed by atoms with Crippen LogP contribution in [0.1, 0.15) is 33.6 Å². The Balaban J connectivity index is 1.68. The number of rotatable bonds is 5. The number of nitrogens with zero attached hydrogens (tertiary/aromatic N) is 2. The molecule has 0 saturated heterocycles. The topological polar surface area (TPSA) is 70.5 Å². The monoisotopic (exact) mass is 372 g/mol. The minimum Gasteiger partial charge on any atom is -0.375 e. The molecule has 1 N–H and O–H groups in total. The Morgan fingerprint density at radius 3 is 2.46 bits per heavy atom. The summed E-state index contributed by atoms with van der Waals surface area (Å²) in [4.78, 5) is 31.5. The van der Waals surface area contributed by atoms with Crippen LogP contribution in [0.4, 0.5) is 5.69 Å². The first-order valence-corrected chi connectivity index (χ1v) is 9.13. The molecule has 2 heterocycles. The predicted octanol–water partition coefficient (Wildman–Crippen LogP) is 3.40. The highest BCUT2D eigenvalue weighted by Crippen LogP contribution is 2.43. The Morgan fingerprint density at radius 2 is 1.75 bits per heavy atom. The SMILES string of the molecule is Cc1ccc(CN2C(=O)[C@](O)(CC(=O)c3ccccn3)c3ccccc32)cc1. The van der Waals surface area contributed by atoms with Crippen LogP contribution in [0.15, 0.2) is 72.9 Å². The fourth-order valence-electron chi connectivity index (χ4n) is 3.56. The number of Topliss-reactive ketones (excluding diaryl/α,β-unsaturated/α-hetero) is 1. The van der Waals surface area contributed by atoms with Crippen LogP contribution >= 0.6 is 0 Å². The second kappa shape index (κ2) is 7.02. The van der Waals surface area contributed by atoms with Crippen molar-refractivity contribution in [2.75, 3.05) is 4.90 Å². The third kappa shape index (κ3) is 3.10. The van der Waals surface area contributed by atoms with Gasteiger partial charge in [0.05, 0.1) is 18.7 Å². The summed E-state index contributed by atoms with van der Waals surface area (Å²) in [5, 5.41) is 11.3. The van der Waals surface area contributed by atoms with Crippen LogP contribution in [0.3, 0.4) is 0 Å². The maximum atomic E-state index is 13.2. The van der Waals surface area contributed by atoms with Crippen LogP contribution in [-0.4, -0.2) is 21.8 Å². The number of aryl methyl sites for hydroxylation is 1. The molecule has 3 aromatic rings. The highest BCUT2D eigenvalue weighted by atomic mass is 16.3. The van der Waals surface area contributed by atoms with Crippen molar-refractivity contribution in [3.05, 3.63) is 95.3 Å². The molecule has 28 heavy (non-hydrogen) atoms. The second-order valence-corrected chi connectivity index (χ2v) is 7.07. The molecule has 0 aliphatic carbocycles. The van der Waals surface area contributed by atoms with Crippen LogP contribution < -0.4 is 4.90 Å². The number of aromatic nitrogens is 1. The zero-order valence-electron chi connectivity index (χ0n) is 15.5. The number of pyridine rings is 1. The molecule has 1 aliphatic rings. The number of hydrogen-bond acceptors (Lipinski definition) is 4. The Kier molecular flexibility index (Phi) is 4.53. The van der Waals surface area contributed by atoms with Gasteiger partial charge >= 0.3 is 0 Å². The van der Waals surface area contributed by atoms with Gasteiger partial charge in [-0.25, -0.2) is 0 Å². The Bertz CT molecular complexity index is 1030. The molecule has 2 aromatic carbocycles. The van der Waals surface area contributed by atoms with E-state index in [1.54, 1.807) is 41.3 Å². The molecule has 0 fully saturated rings. The summed E-state index contributed by atoms with van der Waals surface area (Å²) in [7, 11) is 0. The van der Waals surface area contributed by atoms with Crippen molar-refractivity contribution in [1.82, 2.24) is 4.98 Å². The second-order valence-electron chi connectivity index (χ2n) is 7.07. The Hall–Kier alpha value is -3.31. The van der Waals surface area contributed by atoms with Crippen molar-refractivity contribution >= 4 is 17.4 Å². The fourth-order valence-corrected chi connectivity index (χ4v) is 3.56. The zero-order chi connectivity index (χ0) is 19.7. The molecular formula is C23H20N2O3. The molecule has 0 bridgehead atoms. The third-order valence-corrected chi connectivity index (χ3v) is 5.07. The van der Waals surface area contributed by atoms with Crippen LogP contribution in [0, 0.1) is 6.92 Å². The molecule has 0 unspecified atom stereocenters. The van der Waals surface area contributed by atoms with Crippen LogP contribution in [0.5, 0.6) is 0 Å². The van der Waals surface area contributed by atoms with Gasteiger partial charge in [0, 0.05) is 11.8 Å². The van der Waals surface area contributed by atoms with Gasteiger partial charge in [0.25, 0.3) is 5.91 Å². The van der Waals surface area contributed by atoms with Gasteiger partial charge < -0.3 is 10.0 Å². The number of anilines is 1. The normalized spacial score (nSPS) is 18.2. The summed E-state index contributed by atoms with van der Waals surface area (Å²) < 4.78 is 0. The maximum Gasteiger partial charge on any atom is 0.264 e. The number of fused-ring (bicyclic) bond motifs is 1. The van der Waals surface area contributed by atoms with Crippen molar-refractivity contribution in [3.8, 4) is 0 Å². The predicted molar refractivity (Wildman–Crippen MR) is 106 cm³/mol. The molecule has 5 heteroatoms. The lowest BCUT2D eigenvalue weighted by atomic mass is 9.89. The fraction of sp³-hybridized carbons (Fsp3) is 0.174. The molecule has 1 atom stereocenters. The Labute approximate surface area is 163 Å². The van der Waals surface area contributed by atoms with Crippen LogP contribution in [0.2, 0.25) is 0 Å². The van der Waals surface area contributed by atoms with Gasteiger partial charge in [0.1, 0.15) is 5.69 Å². The van der Waals surface area contributed by atoms with E-state index in [2.05, 4.69) is 4.98 Å². The number of carbonyl (C=O) groups excluding carboxylic acids is 2. The summed E-state index contributed by atoms with van der Waals surface area (Å²) in [6.45, 7) is 2.33. The average molecular weight is 372 g/mol. The van der Waals surface area contributed by atoms with Gasteiger partial charge in [0.2, 0.25) is 0 Å². The molecule has 0 saturated carbocycles. The molecule has 1 aliphatic heterocycles. The summed E-state index contributed by atoms with van der Waals surface area (Å²) in [5.41, 5.74) is 1.51. The van der Waals surface area contributed by atoms with Crippen molar-refractivity contribution in [2.24, 2.45) is 0 Å². The van der Waals surface area contributed by atoms with Crippen molar-refractivity contribution in [2.45, 2.75) is 25.5 Å². The Morgan fingerprint density at radius 1 is 1.04 bits per heavy atom. The lowest BCUT2D eigenvalue weighted by molar-refractivity contribution is -0.136. The molecule has 140 valence electrons. The van der Waals surface area contributed by atoms with Crippen molar-refractivity contribution < 1.29 is 14.7 Å². The number of para-hydroxylation sites is 1. The lowest BCUT2D eigenvalue weighted by Crippen LogP contribution is -2.41. The number of benzene rings is 2. The van der Waals surface area contributed by atoms with E-state index in [0.29, 0.717) is 17.8 Å². The maximum absolute atomic E-state index is 13.2. The van der Waals surface area contributed by atoms with E-state index < -0.39 is 11.5 Å². The standard InChI is InChI=1S/C23H20N2O3/c1-16-9-11-17(12-10-16)15-25-20-8-3-2-6-18(20)23(28,22(25)27)14-21(26)19-7-4-5-13-24-19/h2-13,28H,14-15H2,1H3/t23-/m0/s1. The summed E-state index contributed by atoms with van der Waals surface area (Å²) in [6, 6.07) is 20.0. The third-order valence-electron chi connectivity index (χ3n) is 5.07. The van der Waals surface area contributed by atoms with E-state index in [1.165, 1.54) is 6.20 Å². The van der Waals surface area contributed by atoms with Gasteiger partial charge in [-0.05, 0) is 30.7 Å². The van der Waals surface area contributed by atoms with Crippen LogP contribution in [0.25, 0.3) is 0 Å². The lowest BCUT2D eigenvalue weighted by Gasteiger charge is -2.22. The summed E-state index contributed by atoms with van der Waals surface area (Å²) in [5.74, 6) is -0.859. The molecule has 1 amide bonds. The van der Waals surface area contributed by atoms with Gasteiger partial charge in [0.15, 0.2) is 11.4 Å². The number of carbonyl (C=O) groups is 2. The number of aliphatic hydroxyl groups is 1. The van der Waals surface area contributed by atoms with E-state index in [0.717, 1.165) is 11.1 Å². The average Bonchev–Trinajstić information content (AvgIpc) is 2.92. The number of ketones is 1. The summed E-state index contributed by atoms with van der Waals surface area (Å²) >= 11 is 0. The van der Waals surface area contributed by atoms with Gasteiger partial charge in [-0.3, -0.25) is 14.6 Å². The quantitative estimate of drug-likeness (QED) is 0.697. The highest BCUT2D eigenvalue weighted by molar-refractivity contribution is 6.10. The van der Waals surface area contributed by atoms with Crippen molar-refractivity contribution in [3.63, 3.8) is 0 Å². The molecule has 5 nitrogen and oxygen atoms in total.